The van der Waals surface area contributed by atoms with Gasteiger partial charge in [0.25, 0.3) is 0 Å². The van der Waals surface area contributed by atoms with Crippen LogP contribution in [0.15, 0.2) is 91.4 Å². The number of aliphatic hydroxyl groups excluding tert-OH is 2. The molecule has 4 aromatic rings. The highest BCUT2D eigenvalue weighted by molar-refractivity contribution is 7.80. The van der Waals surface area contributed by atoms with E-state index in [2.05, 4.69) is 131 Å². The minimum absolute atomic E-state index is 0.0173. The smallest absolute Gasteiger partial charge is 0.326 e. The highest BCUT2D eigenvalue weighted by atomic mass is 32.1. The SMILES string of the molecule is CC(C)C[C@H](NC(=O)[C@H](Cc1ccccc1)NC(=O)[C@@H]1CCCN1C(=O)[C@H](CO)NC(=O)[C@H](C)NC(=O)[C@@H](N)CCCNC(=N)N)C(=O)N[C@@H](CCC(=O)O)C(=O)N[C@@H](CS)C(=O)N[C@@H](Cc1cnc[nH]1)C(=O)NCC(=O)N[C@@H](CCCNC(=N)N)C(=O)NCC(=O)N[C@H](C(=O)N[C@@H](CS)C(=O)N[C@@H](CC(N)=O)C(=O)N[C@@H](Cc1ccc(O)cc1)C(=O)N[C@@H](Cc1ccc(O)cc1)C(=O)N[C@@H](CC(N)=O)C(=O)O)[C@@H](C)O. The molecule has 57 heteroatoms. The van der Waals surface area contributed by atoms with E-state index < -0.39 is 309 Å². The molecule has 55 nitrogen and oxygen atoms in total. The van der Waals surface area contributed by atoms with Crippen LogP contribution in [0.3, 0.4) is 0 Å². The van der Waals surface area contributed by atoms with E-state index in [9.17, 15) is 131 Å². The van der Waals surface area contributed by atoms with E-state index in [1.165, 1.54) is 68.0 Å². The fourth-order valence-corrected chi connectivity index (χ4v) is 15.0. The summed E-state index contributed by atoms with van der Waals surface area (Å²) in [5, 5.41) is 119. The van der Waals surface area contributed by atoms with Gasteiger partial charge in [0.2, 0.25) is 112 Å². The molecular weight excluding hydrogens is 1960 g/mol. The average Bonchev–Trinajstić information content (AvgIpc) is 1.68. The van der Waals surface area contributed by atoms with Crippen LogP contribution in [0.25, 0.3) is 0 Å². The molecule has 37 N–H and O–H groups in total. The molecule has 19 amide bonds. The second-order valence-corrected chi connectivity index (χ2v) is 35.2. The van der Waals surface area contributed by atoms with Crippen LogP contribution in [0.4, 0.5) is 0 Å². The van der Waals surface area contributed by atoms with Crippen molar-refractivity contribution in [3.05, 3.63) is 114 Å². The average molecular weight is 2090 g/mol. The Balaban J connectivity index is 1.26. The number of carboxylic acids is 2. The van der Waals surface area contributed by atoms with E-state index in [-0.39, 0.29) is 105 Å². The highest BCUT2D eigenvalue weighted by Crippen LogP contribution is 2.22. The Hall–Kier alpha value is -15.5. The number of phenolic OH excluding ortho intramolecular Hbond substituents is 2. The second kappa shape index (κ2) is 61.4. The van der Waals surface area contributed by atoms with E-state index in [0.717, 1.165) is 11.8 Å². The molecule has 0 spiro atoms. The van der Waals surface area contributed by atoms with Gasteiger partial charge in [-0.3, -0.25) is 107 Å². The van der Waals surface area contributed by atoms with Crippen LogP contribution < -0.4 is 124 Å². The van der Waals surface area contributed by atoms with Gasteiger partial charge >= 0.3 is 11.9 Å². The van der Waals surface area contributed by atoms with Gasteiger partial charge in [0.05, 0.1) is 51.0 Å². The molecule has 146 heavy (non-hydrogen) atoms. The Morgan fingerprint density at radius 1 is 0.459 bits per heavy atom. The molecule has 17 atom stereocenters. The zero-order valence-corrected chi connectivity index (χ0v) is 82.0. The van der Waals surface area contributed by atoms with Gasteiger partial charge in [-0.1, -0.05) is 68.4 Å². The summed E-state index contributed by atoms with van der Waals surface area (Å²) < 4.78 is 0. The number of phenols is 2. The lowest BCUT2D eigenvalue weighted by Crippen LogP contribution is -2.61. The lowest BCUT2D eigenvalue weighted by atomic mass is 10.00. The summed E-state index contributed by atoms with van der Waals surface area (Å²) in [6, 6.07) is -7.49. The number of hydrogen-bond donors (Lipinski definition) is 34. The predicted molar refractivity (Wildman–Crippen MR) is 524 cm³/mol. The molecule has 0 saturated carbocycles. The van der Waals surface area contributed by atoms with Crippen LogP contribution in [0.1, 0.15) is 121 Å². The van der Waals surface area contributed by atoms with Gasteiger partial charge < -0.3 is 165 Å². The summed E-state index contributed by atoms with van der Waals surface area (Å²) in [6.07, 6.45) is -3.63. The van der Waals surface area contributed by atoms with Gasteiger partial charge in [-0.05, 0) is 112 Å². The number of guanidine groups is 2. The Bertz CT molecular complexity index is 5210. The summed E-state index contributed by atoms with van der Waals surface area (Å²) in [5.41, 5.74) is 28.7. The van der Waals surface area contributed by atoms with Crippen molar-refractivity contribution in [3.8, 4) is 11.5 Å². The number of amides is 19. The first-order chi connectivity index (χ1) is 69.0. The molecule has 2 heterocycles. The van der Waals surface area contributed by atoms with Gasteiger partial charge in [-0.2, -0.15) is 25.3 Å². The number of carboxylic acid groups (broad SMARTS) is 2. The third kappa shape index (κ3) is 42.9. The Kier molecular flexibility index (Phi) is 50.9. The molecule has 1 aliphatic heterocycles. The van der Waals surface area contributed by atoms with Gasteiger partial charge in [-0.25, -0.2) is 9.78 Å². The molecule has 1 fully saturated rings. The number of aliphatic hydroxyl groups is 2. The van der Waals surface area contributed by atoms with Crippen molar-refractivity contribution in [1.29, 1.82) is 10.8 Å². The van der Waals surface area contributed by atoms with Crippen LogP contribution in [0, 0.1) is 16.7 Å². The number of H-pyrrole nitrogens is 1. The largest absolute Gasteiger partial charge is 0.508 e. The van der Waals surface area contributed by atoms with Crippen molar-refractivity contribution in [1.82, 2.24) is 111 Å². The van der Waals surface area contributed by atoms with Gasteiger partial charge in [0.1, 0.15) is 102 Å². The standard InChI is InChI=1S/C89H130N28O27S2/c1-43(2)29-55(106-79(135)58(30-46-11-6-5-7-12-46)111-84(140)65-15-10-28-117(65)86(142)62(39-118)113-72(128)44(3)103-73(129)52(90)13-8-26-98-88(93)94)77(133)105-54(24-25-70(126)127)76(132)114-63(40-145)82(138)109-59(33-49-36-97-42-102-49)75(131)101-37-68(124)104-53(14-9-27-99-89(95)96)74(130)100-38-69(125)116-71(45(4)119)85(141)115-64(41-146)83(139)110-60(34-66(91)122)81(137)108-56(31-47-16-20-50(120)21-17-47)78(134)107-57(32-48-18-22-51(121)23-19-48)80(136)112-61(87(143)144)35-67(92)123/h5-7,11-12,16-23,36,42-45,52-65,71,118-121,145-146H,8-10,13-15,24-35,37-41,90H2,1-4H3,(H2,91,122)(H2,92,123)(H,97,102)(H,100,130)(H,101,131)(H,103,129)(H,104,124)(H,105,133)(H,106,135)(H,107,134)(H,108,137)(H,109,138)(H,110,139)(H,111,140)(H,112,136)(H,113,128)(H,114,132)(H,115,141)(H,116,125)(H,126,127)(H,143,144)(H4,93,94,98)(H4,95,96,99)/t44-,45+,52-,53-,54-,55-,56-,57-,58-,59-,60-,61-,62-,63-,64-,65-,71-/m0/s1. The third-order valence-corrected chi connectivity index (χ3v) is 22.9. The van der Waals surface area contributed by atoms with Crippen molar-refractivity contribution >= 4 is 161 Å². The van der Waals surface area contributed by atoms with Crippen molar-refractivity contribution in [2.75, 3.05) is 50.8 Å². The molecule has 0 unspecified atom stereocenters. The lowest BCUT2D eigenvalue weighted by molar-refractivity contribution is -0.143. The summed E-state index contributed by atoms with van der Waals surface area (Å²) in [7, 11) is 0. The second-order valence-electron chi connectivity index (χ2n) is 34.5. The molecule has 0 radical (unpaired) electrons. The van der Waals surface area contributed by atoms with Crippen LogP contribution >= 0.6 is 25.3 Å². The van der Waals surface area contributed by atoms with E-state index >= 15 is 0 Å². The molecule has 1 saturated heterocycles. The first-order valence-corrected chi connectivity index (χ1v) is 47.4. The number of imidazole rings is 1. The molecule has 3 aromatic carbocycles. The van der Waals surface area contributed by atoms with E-state index in [4.69, 9.17) is 39.5 Å². The lowest BCUT2D eigenvalue weighted by Gasteiger charge is -2.30. The number of hydrogen-bond acceptors (Lipinski definition) is 31. The fraction of sp³-hybridized carbons (Fsp3) is 0.506. The number of aromatic nitrogens is 2. The highest BCUT2D eigenvalue weighted by Gasteiger charge is 2.43. The number of nitrogens with two attached hydrogens (primary N) is 5. The molecule has 800 valence electrons. The van der Waals surface area contributed by atoms with E-state index in [1.54, 1.807) is 44.2 Å². The summed E-state index contributed by atoms with van der Waals surface area (Å²) in [6.45, 7) is 2.97. The molecule has 1 aliphatic rings. The number of benzene rings is 3. The topological polar surface area (TPSA) is 906 Å². The Morgan fingerprint density at radius 3 is 1.36 bits per heavy atom. The number of nitrogens with zero attached hydrogens (tertiary/aromatic N) is 2. The van der Waals surface area contributed by atoms with Crippen molar-refractivity contribution in [3.63, 3.8) is 0 Å². The number of carbonyl (C=O) groups excluding carboxylic acids is 19. The molecule has 1 aromatic heterocycles. The number of thiol groups is 2. The minimum Gasteiger partial charge on any atom is -0.508 e. The zero-order valence-electron chi connectivity index (χ0n) is 80.2. The van der Waals surface area contributed by atoms with Crippen LogP contribution in [0.2, 0.25) is 0 Å². The fourth-order valence-electron chi connectivity index (χ4n) is 14.5. The first-order valence-electron chi connectivity index (χ1n) is 46.1. The maximum absolute atomic E-state index is 14.7. The third-order valence-electron chi connectivity index (χ3n) is 22.2. The number of aromatic hydroxyl groups is 2. The number of rotatable bonds is 63. The normalized spacial score (nSPS) is 15.3. The monoisotopic (exact) mass is 2090 g/mol. The number of carbonyl (C=O) groups is 21. The molecule has 0 bridgehead atoms. The number of primary amides is 2. The quantitative estimate of drug-likeness (QED) is 0.00845. The predicted octanol–water partition coefficient (Wildman–Crippen LogP) is -11.0. The number of aliphatic carboxylic acids is 2. The molecular formula is C89H130N28O27S2. The van der Waals surface area contributed by atoms with E-state index in [1.807, 2.05) is 0 Å². The van der Waals surface area contributed by atoms with Crippen molar-refractivity contribution < 1.29 is 131 Å². The Morgan fingerprint density at radius 2 is 0.877 bits per heavy atom. The van der Waals surface area contributed by atoms with Gasteiger partial charge in [0.15, 0.2) is 11.9 Å². The van der Waals surface area contributed by atoms with E-state index in [0.29, 0.717) is 12.0 Å². The maximum atomic E-state index is 14.7. The van der Waals surface area contributed by atoms with Crippen LogP contribution in [-0.2, 0) is 126 Å². The van der Waals surface area contributed by atoms with Crippen molar-refractivity contribution in [2.45, 2.75) is 227 Å². The van der Waals surface area contributed by atoms with Crippen LogP contribution in [-0.4, -0.2) is 335 Å². The molecule has 5 rings (SSSR count). The van der Waals surface area contributed by atoms with Gasteiger partial charge in [0, 0.05) is 75.1 Å². The Labute approximate surface area is 847 Å². The van der Waals surface area contributed by atoms with Crippen LogP contribution in [0.5, 0.6) is 11.5 Å². The number of aromatic amines is 1. The molecule has 0 aliphatic carbocycles. The first kappa shape index (κ1) is 121. The summed E-state index contributed by atoms with van der Waals surface area (Å²) in [5.74, 6) is -26.3. The maximum Gasteiger partial charge on any atom is 0.326 e. The van der Waals surface area contributed by atoms with Gasteiger partial charge in [-0.15, -0.1) is 0 Å². The summed E-state index contributed by atoms with van der Waals surface area (Å²) >= 11 is 8.42. The zero-order chi connectivity index (χ0) is 109. The summed E-state index contributed by atoms with van der Waals surface area (Å²) in [4.78, 5) is 295. The number of nitrogens with one attached hydrogen (secondary N) is 21. The number of likely N-dealkylation sites (tertiary alicyclic amines) is 1. The minimum atomic E-state index is -1.99. The van der Waals surface area contributed by atoms with Crippen molar-refractivity contribution in [2.24, 2.45) is 34.6 Å².